The van der Waals surface area contributed by atoms with Gasteiger partial charge in [0, 0.05) is 37.5 Å². The van der Waals surface area contributed by atoms with E-state index < -0.39 is 33.2 Å². The van der Waals surface area contributed by atoms with E-state index >= 15 is 0 Å². The van der Waals surface area contributed by atoms with Crippen molar-refractivity contribution in [1.82, 2.24) is 0 Å². The van der Waals surface area contributed by atoms with Crippen LogP contribution < -0.4 is 0 Å². The van der Waals surface area contributed by atoms with Gasteiger partial charge in [-0.25, -0.2) is 0 Å². The third-order valence-corrected chi connectivity index (χ3v) is 25.1. The van der Waals surface area contributed by atoms with Gasteiger partial charge in [-0.3, -0.25) is 24.0 Å². The molecule has 0 amide bonds. The number of hydrogen-bond acceptors (Lipinski definition) is 12. The van der Waals surface area contributed by atoms with Crippen LogP contribution in [0.25, 0.3) is 0 Å². The van der Waals surface area contributed by atoms with Gasteiger partial charge in [0.2, 0.25) is 0 Å². The summed E-state index contributed by atoms with van der Waals surface area (Å²) in [6, 6.07) is 0. The zero-order valence-corrected chi connectivity index (χ0v) is 53.4. The molecule has 0 aromatic rings. The molecule has 14 aliphatic carbocycles. The molecule has 460 valence electrons. The van der Waals surface area contributed by atoms with Gasteiger partial charge in [-0.1, -0.05) is 34.6 Å². The summed E-state index contributed by atoms with van der Waals surface area (Å²) in [5, 5.41) is 21.3. The van der Waals surface area contributed by atoms with Crippen molar-refractivity contribution >= 4 is 29.8 Å². The Bertz CT molecular complexity index is 2280. The summed E-state index contributed by atoms with van der Waals surface area (Å²) < 4.78 is 29.8. The zero-order chi connectivity index (χ0) is 59.4. The molecule has 0 spiro atoms. The first-order chi connectivity index (χ1) is 37.5. The molecule has 2 N–H and O–H groups in total. The fourth-order valence-corrected chi connectivity index (χ4v) is 19.5. The Hall–Kier alpha value is -2.73. The molecule has 6 unspecified atom stereocenters. The molecule has 2 heterocycles. The second kappa shape index (κ2) is 21.9. The Kier molecular flexibility index (Phi) is 17.0. The molecular formula is C69H112O12. The van der Waals surface area contributed by atoms with Gasteiger partial charge in [-0.15, -0.1) is 0 Å². The van der Waals surface area contributed by atoms with E-state index in [1.165, 1.54) is 70.6 Å². The monoisotopic (exact) mass is 1130 g/mol. The van der Waals surface area contributed by atoms with Crippen LogP contribution in [0.2, 0.25) is 0 Å². The lowest BCUT2D eigenvalue weighted by atomic mass is 9.46. The van der Waals surface area contributed by atoms with E-state index in [4.69, 9.17) is 23.7 Å². The average molecular weight is 1130 g/mol. The molecule has 14 saturated carbocycles. The van der Waals surface area contributed by atoms with Gasteiger partial charge < -0.3 is 33.9 Å². The number of ether oxygens (including phenoxy) is 5. The van der Waals surface area contributed by atoms with Gasteiger partial charge in [-0.05, 0) is 264 Å². The molecule has 0 radical (unpaired) electrons. The Morgan fingerprint density at radius 3 is 1.31 bits per heavy atom. The Balaban J connectivity index is 0.000000130. The average Bonchev–Trinajstić information content (AvgIpc) is 1.98. The van der Waals surface area contributed by atoms with Crippen molar-refractivity contribution in [3.8, 4) is 0 Å². The van der Waals surface area contributed by atoms with Crippen LogP contribution >= 0.6 is 0 Å². The number of rotatable bonds is 14. The maximum Gasteiger partial charge on any atom is 0.312 e. The first-order valence-electron chi connectivity index (χ1n) is 33.1. The summed E-state index contributed by atoms with van der Waals surface area (Å²) in [5.74, 6) is 6.11. The minimum Gasteiger partial charge on any atom is -0.462 e. The van der Waals surface area contributed by atoms with Gasteiger partial charge in [-0.2, -0.15) is 0 Å². The Labute approximate surface area is 488 Å². The molecule has 16 aliphatic rings. The van der Waals surface area contributed by atoms with Gasteiger partial charge >= 0.3 is 29.8 Å². The normalized spacial score (nSPS) is 41.8. The van der Waals surface area contributed by atoms with Gasteiger partial charge in [0.05, 0.1) is 38.8 Å². The maximum absolute atomic E-state index is 12.6. The summed E-state index contributed by atoms with van der Waals surface area (Å²) >= 11 is 0. The number of carbonyl (C=O) groups is 5. The Morgan fingerprint density at radius 1 is 0.457 bits per heavy atom. The molecule has 81 heavy (non-hydrogen) atoms. The molecule has 16 fully saturated rings. The van der Waals surface area contributed by atoms with Crippen LogP contribution in [-0.2, 0) is 47.7 Å². The summed E-state index contributed by atoms with van der Waals surface area (Å²) in [5.41, 5.74) is -4.63. The number of esters is 5. The fourth-order valence-electron chi connectivity index (χ4n) is 19.5. The van der Waals surface area contributed by atoms with Crippen molar-refractivity contribution in [3.05, 3.63) is 0 Å². The third-order valence-electron chi connectivity index (χ3n) is 25.1. The lowest BCUT2D eigenvalue weighted by Gasteiger charge is -2.62. The second-order valence-corrected chi connectivity index (χ2v) is 33.4. The summed E-state index contributed by atoms with van der Waals surface area (Å²) in [4.78, 5) is 62.0. The zero-order valence-electron chi connectivity index (χ0n) is 53.4. The third kappa shape index (κ3) is 12.4. The standard InChI is InChI=1S/C19H32O2.C18H30O2.C16H26O4.C16H24O4/c1-6-17(2,3)16(20)21-18(4,5)19-10-13-7-14(11-19)9-15(8-13)12-19;1-5-17(3,4)16(19)20-18(6-2)14-8-12-7-13(10-14)11-15(18)9-12;1-4-13(2,3)12(17)20-16-7-11-5-14(18,9-16)8-15(19,6-11)10-16;1-4-15(2,3)14(18)20-16-7-10-5-11(8-16)13(17)19-12(6-10)9-16/h13-15H,6-12H2,1-5H3;12-15H,5-11H2,1-4H3;11,18-19H,4-10H2,1-3H3;10-12H,4-9H2,1-3H3. The van der Waals surface area contributed by atoms with E-state index in [1.807, 2.05) is 69.2 Å². The van der Waals surface area contributed by atoms with Crippen molar-refractivity contribution in [2.24, 2.45) is 86.3 Å². The summed E-state index contributed by atoms with van der Waals surface area (Å²) in [7, 11) is 0. The highest BCUT2D eigenvalue weighted by atomic mass is 16.6. The first kappa shape index (κ1) is 62.8. The largest absolute Gasteiger partial charge is 0.462 e. The van der Waals surface area contributed by atoms with Crippen molar-refractivity contribution in [3.63, 3.8) is 0 Å². The van der Waals surface area contributed by atoms with Crippen LogP contribution in [0.1, 0.15) is 277 Å². The van der Waals surface area contributed by atoms with Gasteiger partial charge in [0.25, 0.3) is 0 Å². The second-order valence-electron chi connectivity index (χ2n) is 33.4. The molecule has 16 bridgehead atoms. The summed E-state index contributed by atoms with van der Waals surface area (Å²) in [6.45, 7) is 30.4. The quantitative estimate of drug-likeness (QED) is 0.125. The molecule has 2 saturated heterocycles. The van der Waals surface area contributed by atoms with Crippen LogP contribution in [0, 0.1) is 86.3 Å². The molecule has 16 rings (SSSR count). The lowest BCUT2D eigenvalue weighted by molar-refractivity contribution is -0.264. The highest BCUT2D eigenvalue weighted by Crippen LogP contribution is 2.66. The van der Waals surface area contributed by atoms with Crippen molar-refractivity contribution < 1.29 is 57.9 Å². The van der Waals surface area contributed by atoms with Crippen LogP contribution in [0.3, 0.4) is 0 Å². The predicted octanol–water partition coefficient (Wildman–Crippen LogP) is 14.5. The van der Waals surface area contributed by atoms with Crippen molar-refractivity contribution in [2.75, 3.05) is 0 Å². The molecule has 12 heteroatoms. The predicted molar refractivity (Wildman–Crippen MR) is 312 cm³/mol. The number of hydrogen-bond donors (Lipinski definition) is 2. The minimum atomic E-state index is -0.842. The molecule has 6 atom stereocenters. The van der Waals surface area contributed by atoms with Crippen LogP contribution in [-0.4, -0.2) is 79.8 Å². The Morgan fingerprint density at radius 2 is 0.864 bits per heavy atom. The smallest absolute Gasteiger partial charge is 0.312 e. The van der Waals surface area contributed by atoms with E-state index in [2.05, 4.69) is 34.6 Å². The first-order valence-corrected chi connectivity index (χ1v) is 33.1. The van der Waals surface area contributed by atoms with E-state index in [1.54, 1.807) is 0 Å². The minimum absolute atomic E-state index is 0.00857. The highest BCUT2D eigenvalue weighted by molar-refractivity contribution is 5.78. The SMILES string of the molecule is CCC(C)(C)C(=O)OC(C)(C)C12CC3CC(CC(C3)C1)C2.CCC(C)(C)C(=O)OC1(CC)C2CC3CC(C2)CC1C3.CCC(C)(C)C(=O)OC12CC3CC(C1)OC(=O)C(C3)C2.CCC(C)(C)C(=O)OC12CC3CC(O)(CC(O)(C3)C1)C2. The van der Waals surface area contributed by atoms with Crippen molar-refractivity contribution in [1.29, 1.82) is 0 Å². The lowest BCUT2D eigenvalue weighted by Crippen LogP contribution is -2.67. The van der Waals surface area contributed by atoms with E-state index in [9.17, 15) is 34.2 Å². The molecule has 0 aromatic heterocycles. The number of fused-ring (bicyclic) bond motifs is 1. The summed E-state index contributed by atoms with van der Waals surface area (Å²) in [6.07, 6.45) is 26.8. The molecule has 0 aromatic carbocycles. The maximum atomic E-state index is 12.6. The fraction of sp³-hybridized carbons (Fsp3) is 0.928. The molecule has 2 aliphatic heterocycles. The number of aliphatic hydroxyl groups is 2. The molecule has 12 nitrogen and oxygen atoms in total. The van der Waals surface area contributed by atoms with E-state index in [-0.39, 0.29) is 75.2 Å². The van der Waals surface area contributed by atoms with Crippen molar-refractivity contribution in [2.45, 2.75) is 317 Å². The van der Waals surface area contributed by atoms with Crippen LogP contribution in [0.15, 0.2) is 0 Å². The van der Waals surface area contributed by atoms with E-state index in [0.29, 0.717) is 49.9 Å². The highest BCUT2D eigenvalue weighted by Gasteiger charge is 2.66. The van der Waals surface area contributed by atoms with Crippen LogP contribution in [0.4, 0.5) is 0 Å². The number of carbonyl (C=O) groups excluding carboxylic acids is 5. The van der Waals surface area contributed by atoms with Gasteiger partial charge in [0.15, 0.2) is 0 Å². The van der Waals surface area contributed by atoms with Crippen LogP contribution in [0.5, 0.6) is 0 Å². The van der Waals surface area contributed by atoms with E-state index in [0.717, 1.165) is 100 Å². The topological polar surface area (TPSA) is 172 Å². The molecular weight excluding hydrogens is 1020 g/mol. The van der Waals surface area contributed by atoms with Gasteiger partial charge in [0.1, 0.15) is 28.5 Å².